The third-order valence-electron chi connectivity index (χ3n) is 1.93. The van der Waals surface area contributed by atoms with Crippen LogP contribution in [0.5, 0.6) is 0 Å². The van der Waals surface area contributed by atoms with Crippen molar-refractivity contribution in [3.8, 4) is 11.8 Å². The van der Waals surface area contributed by atoms with Gasteiger partial charge in [-0.3, -0.25) is 0 Å². The number of aryl methyl sites for hydroxylation is 1. The van der Waals surface area contributed by atoms with Crippen molar-refractivity contribution in [2.75, 3.05) is 6.61 Å². The molecular weight excluding hydrogens is 218 g/mol. The van der Waals surface area contributed by atoms with Gasteiger partial charge in [-0.15, -0.1) is 0 Å². The number of carboxylic acid groups (broad SMARTS) is 1. The van der Waals surface area contributed by atoms with Gasteiger partial charge >= 0.3 is 5.97 Å². The Morgan fingerprint density at radius 3 is 2.65 bits per heavy atom. The van der Waals surface area contributed by atoms with Gasteiger partial charge in [-0.05, 0) is 26.0 Å². The quantitative estimate of drug-likeness (QED) is 0.373. The fraction of sp³-hybridized carbons (Fsp3) is 0.231. The molecular formula is C13H13NO3. The fourth-order valence-corrected chi connectivity index (χ4v) is 0.975. The van der Waals surface area contributed by atoms with Gasteiger partial charge < -0.3 is 9.94 Å². The van der Waals surface area contributed by atoms with Crippen molar-refractivity contribution in [1.82, 2.24) is 0 Å². The van der Waals surface area contributed by atoms with Crippen LogP contribution in [0.2, 0.25) is 0 Å². The molecule has 1 rings (SSSR count). The predicted molar refractivity (Wildman–Crippen MR) is 64.8 cm³/mol. The van der Waals surface area contributed by atoms with E-state index in [0.29, 0.717) is 0 Å². The highest BCUT2D eigenvalue weighted by molar-refractivity contribution is 6.34. The lowest BCUT2D eigenvalue weighted by atomic mass is 10.2. The van der Waals surface area contributed by atoms with E-state index in [2.05, 4.69) is 17.0 Å². The molecule has 0 atom stereocenters. The first-order valence-electron chi connectivity index (χ1n) is 5.05. The second kappa shape index (κ2) is 6.33. The van der Waals surface area contributed by atoms with Gasteiger partial charge in [-0.2, -0.15) is 0 Å². The molecule has 0 radical (unpaired) electrons. The molecule has 0 fully saturated rings. The Labute approximate surface area is 99.9 Å². The van der Waals surface area contributed by atoms with Crippen molar-refractivity contribution in [1.29, 1.82) is 0 Å². The maximum absolute atomic E-state index is 10.4. The number of carboxylic acids is 1. The topological polar surface area (TPSA) is 58.9 Å². The molecule has 17 heavy (non-hydrogen) atoms. The van der Waals surface area contributed by atoms with Crippen LogP contribution in [-0.2, 0) is 9.63 Å². The highest BCUT2D eigenvalue weighted by atomic mass is 16.6. The van der Waals surface area contributed by atoms with Gasteiger partial charge in [0.15, 0.2) is 12.3 Å². The Balaban J connectivity index is 2.45. The molecule has 1 aromatic carbocycles. The van der Waals surface area contributed by atoms with Crippen molar-refractivity contribution >= 4 is 11.7 Å². The van der Waals surface area contributed by atoms with E-state index in [1.165, 1.54) is 12.5 Å². The number of hydrogen-bond acceptors (Lipinski definition) is 3. The normalized spacial score (nSPS) is 10.4. The van der Waals surface area contributed by atoms with E-state index in [-0.39, 0.29) is 12.3 Å². The van der Waals surface area contributed by atoms with Crippen molar-refractivity contribution in [2.24, 2.45) is 5.16 Å². The minimum absolute atomic E-state index is 0.0680. The molecule has 0 aliphatic heterocycles. The molecule has 88 valence electrons. The number of carbonyl (C=O) groups is 1. The Kier molecular flexibility index (Phi) is 4.77. The van der Waals surface area contributed by atoms with E-state index in [1.807, 2.05) is 31.2 Å². The van der Waals surface area contributed by atoms with Crippen molar-refractivity contribution in [3.05, 3.63) is 35.4 Å². The average Bonchev–Trinajstić information content (AvgIpc) is 2.30. The third kappa shape index (κ3) is 4.85. The molecule has 0 aliphatic rings. The summed E-state index contributed by atoms with van der Waals surface area (Å²) in [7, 11) is 0. The van der Waals surface area contributed by atoms with E-state index >= 15 is 0 Å². The number of aliphatic carboxylic acids is 1. The molecule has 1 aromatic rings. The van der Waals surface area contributed by atoms with Crippen LogP contribution in [0.25, 0.3) is 0 Å². The second-order valence-electron chi connectivity index (χ2n) is 3.42. The molecule has 4 nitrogen and oxygen atoms in total. The lowest BCUT2D eigenvalue weighted by Crippen LogP contribution is -2.08. The first-order chi connectivity index (χ1) is 8.09. The van der Waals surface area contributed by atoms with Crippen molar-refractivity contribution < 1.29 is 14.7 Å². The molecule has 0 spiro atoms. The van der Waals surface area contributed by atoms with E-state index in [0.717, 1.165) is 5.56 Å². The van der Waals surface area contributed by atoms with Crippen molar-refractivity contribution in [3.63, 3.8) is 0 Å². The summed E-state index contributed by atoms with van der Waals surface area (Å²) in [6.07, 6.45) is 0. The van der Waals surface area contributed by atoms with E-state index in [4.69, 9.17) is 9.94 Å². The molecule has 0 saturated carbocycles. The SMILES string of the molecule is C/C(=N\OCC#Cc1ccc(C)cc1)C(=O)O. The van der Waals surface area contributed by atoms with Gasteiger partial charge in [-0.1, -0.05) is 34.7 Å². The standard InChI is InChI=1S/C13H13NO3/c1-10-5-7-12(8-6-10)4-3-9-17-14-11(2)13(15)16/h5-8H,9H2,1-2H3,(H,15,16)/b14-11+. The summed E-state index contributed by atoms with van der Waals surface area (Å²) in [6.45, 7) is 3.43. The number of rotatable bonds is 3. The summed E-state index contributed by atoms with van der Waals surface area (Å²) in [5.41, 5.74) is 1.97. The number of oxime groups is 1. The summed E-state index contributed by atoms with van der Waals surface area (Å²) < 4.78 is 0. The van der Waals surface area contributed by atoms with Gasteiger partial charge in [0.25, 0.3) is 0 Å². The third-order valence-corrected chi connectivity index (χ3v) is 1.93. The van der Waals surface area contributed by atoms with Gasteiger partial charge in [0.2, 0.25) is 0 Å². The first kappa shape index (κ1) is 12.8. The largest absolute Gasteiger partial charge is 0.477 e. The van der Waals surface area contributed by atoms with Crippen LogP contribution < -0.4 is 0 Å². The van der Waals surface area contributed by atoms with Gasteiger partial charge in [-0.25, -0.2) is 4.79 Å². The number of benzene rings is 1. The summed E-state index contributed by atoms with van der Waals surface area (Å²) in [5.74, 6) is 4.53. The lowest BCUT2D eigenvalue weighted by Gasteiger charge is -1.93. The van der Waals surface area contributed by atoms with Crippen molar-refractivity contribution in [2.45, 2.75) is 13.8 Å². The molecule has 0 aliphatic carbocycles. The first-order valence-corrected chi connectivity index (χ1v) is 5.05. The highest BCUT2D eigenvalue weighted by Crippen LogP contribution is 2.00. The minimum Gasteiger partial charge on any atom is -0.477 e. The molecule has 0 heterocycles. The smallest absolute Gasteiger partial charge is 0.353 e. The van der Waals surface area contributed by atoms with E-state index < -0.39 is 5.97 Å². The summed E-state index contributed by atoms with van der Waals surface area (Å²) in [6, 6.07) is 7.76. The van der Waals surface area contributed by atoms with Crippen LogP contribution in [0.4, 0.5) is 0 Å². The van der Waals surface area contributed by atoms with Gasteiger partial charge in [0.05, 0.1) is 0 Å². The number of hydrogen-bond donors (Lipinski definition) is 1. The summed E-state index contributed by atoms with van der Waals surface area (Å²) in [4.78, 5) is 15.1. The predicted octanol–water partition coefficient (Wildman–Crippen LogP) is 1.82. The Morgan fingerprint density at radius 1 is 1.41 bits per heavy atom. The Bertz CT molecular complexity index is 478. The van der Waals surface area contributed by atoms with Crippen LogP contribution in [0.3, 0.4) is 0 Å². The highest BCUT2D eigenvalue weighted by Gasteiger charge is 2.00. The zero-order valence-corrected chi connectivity index (χ0v) is 9.73. The zero-order chi connectivity index (χ0) is 12.7. The molecule has 0 bridgehead atoms. The molecule has 0 saturated heterocycles. The van der Waals surface area contributed by atoms with Crippen LogP contribution in [0.15, 0.2) is 29.4 Å². The maximum atomic E-state index is 10.4. The van der Waals surface area contributed by atoms with Gasteiger partial charge in [0, 0.05) is 5.56 Å². The Morgan fingerprint density at radius 2 is 2.06 bits per heavy atom. The molecule has 0 aromatic heterocycles. The second-order valence-corrected chi connectivity index (χ2v) is 3.42. The zero-order valence-electron chi connectivity index (χ0n) is 9.73. The average molecular weight is 231 g/mol. The summed E-state index contributed by atoms with van der Waals surface area (Å²) >= 11 is 0. The van der Waals surface area contributed by atoms with E-state index in [1.54, 1.807) is 0 Å². The van der Waals surface area contributed by atoms with Crippen LogP contribution in [-0.4, -0.2) is 23.4 Å². The van der Waals surface area contributed by atoms with Crippen LogP contribution in [0.1, 0.15) is 18.1 Å². The summed E-state index contributed by atoms with van der Waals surface area (Å²) in [5, 5.41) is 11.9. The van der Waals surface area contributed by atoms with Gasteiger partial charge in [0.1, 0.15) is 0 Å². The molecule has 0 unspecified atom stereocenters. The fourth-order valence-electron chi connectivity index (χ4n) is 0.975. The Hall–Kier alpha value is -2.28. The van der Waals surface area contributed by atoms with E-state index in [9.17, 15) is 4.79 Å². The monoisotopic (exact) mass is 231 g/mol. The number of nitrogens with zero attached hydrogens (tertiary/aromatic N) is 1. The van der Waals surface area contributed by atoms with Crippen LogP contribution >= 0.6 is 0 Å². The lowest BCUT2D eigenvalue weighted by molar-refractivity contribution is -0.129. The van der Waals surface area contributed by atoms with Crippen LogP contribution in [0, 0.1) is 18.8 Å². The maximum Gasteiger partial charge on any atom is 0.353 e. The molecule has 1 N–H and O–H groups in total. The molecule has 4 heteroatoms. The molecule has 0 amide bonds. The minimum atomic E-state index is -1.10.